The molecule has 0 spiro atoms. The minimum Gasteiger partial charge on any atom is -1.00 e. The van der Waals surface area contributed by atoms with Gasteiger partial charge in [0.1, 0.15) is 23.6 Å². The van der Waals surface area contributed by atoms with Gasteiger partial charge >= 0.3 is 5.97 Å². The van der Waals surface area contributed by atoms with Crippen molar-refractivity contribution >= 4 is 5.97 Å². The molecule has 4 nitrogen and oxygen atoms in total. The van der Waals surface area contributed by atoms with E-state index in [1.807, 2.05) is 42.3 Å². The maximum atomic E-state index is 11.4. The third-order valence-corrected chi connectivity index (χ3v) is 3.15. The average molecular weight is 339 g/mol. The fourth-order valence-electron chi connectivity index (χ4n) is 2.13. The van der Waals surface area contributed by atoms with E-state index in [9.17, 15) is 9.90 Å². The highest BCUT2D eigenvalue weighted by atomic mass is 79.9. The van der Waals surface area contributed by atoms with Gasteiger partial charge in [0.2, 0.25) is 6.33 Å². The summed E-state index contributed by atoms with van der Waals surface area (Å²) in [6, 6.07) is 5.60. The molecular weight excluding hydrogens is 320 g/mol. The van der Waals surface area contributed by atoms with Crippen LogP contribution in [0.3, 0.4) is 0 Å². The molecular formula is C15H19BrN2O2. The van der Waals surface area contributed by atoms with Gasteiger partial charge in [-0.3, -0.25) is 0 Å². The second-order valence-electron chi connectivity index (χ2n) is 4.57. The molecule has 0 aliphatic heterocycles. The Bertz CT molecular complexity index is 593. The van der Waals surface area contributed by atoms with Crippen LogP contribution in [0, 0.1) is 0 Å². The van der Waals surface area contributed by atoms with E-state index < -0.39 is 5.97 Å². The number of benzene rings is 1. The second-order valence-corrected chi connectivity index (χ2v) is 4.57. The summed E-state index contributed by atoms with van der Waals surface area (Å²) in [7, 11) is 0. The number of hydrogen-bond donors (Lipinski definition) is 1. The van der Waals surface area contributed by atoms with Gasteiger partial charge in [0, 0.05) is 0 Å². The summed E-state index contributed by atoms with van der Waals surface area (Å²) in [5, 5.41) is 9.34. The first-order valence-electron chi connectivity index (χ1n) is 6.59. The minimum atomic E-state index is -0.888. The molecule has 1 aromatic heterocycles. The number of nitrogens with zero attached hydrogens (tertiary/aromatic N) is 2. The van der Waals surface area contributed by atoms with Gasteiger partial charge in [0.05, 0.1) is 6.54 Å². The van der Waals surface area contributed by atoms with Crippen molar-refractivity contribution in [3.63, 3.8) is 0 Å². The van der Waals surface area contributed by atoms with Crippen LogP contribution in [0.25, 0.3) is 5.69 Å². The molecule has 0 radical (unpaired) electrons. The molecule has 0 saturated carbocycles. The zero-order chi connectivity index (χ0) is 13.8. The molecule has 1 aromatic carbocycles. The van der Waals surface area contributed by atoms with Crippen LogP contribution in [-0.4, -0.2) is 15.6 Å². The lowest BCUT2D eigenvalue weighted by molar-refractivity contribution is -0.696. The van der Waals surface area contributed by atoms with Crippen LogP contribution in [-0.2, 0) is 13.0 Å². The molecule has 108 valence electrons. The number of hydrogen-bond acceptors (Lipinski definition) is 1. The van der Waals surface area contributed by atoms with Gasteiger partial charge in [-0.1, -0.05) is 19.9 Å². The Morgan fingerprint density at radius 2 is 2.10 bits per heavy atom. The molecule has 0 bridgehead atoms. The van der Waals surface area contributed by atoms with Crippen molar-refractivity contribution in [1.82, 2.24) is 4.57 Å². The largest absolute Gasteiger partial charge is 1.00 e. The van der Waals surface area contributed by atoms with Crippen molar-refractivity contribution in [2.45, 2.75) is 33.2 Å². The number of imidazole rings is 1. The number of aryl methyl sites for hydroxylation is 2. The molecule has 1 N–H and O–H groups in total. The number of aromatic nitrogens is 2. The van der Waals surface area contributed by atoms with Crippen LogP contribution in [0.4, 0.5) is 0 Å². The lowest BCUT2D eigenvalue weighted by Crippen LogP contribution is -3.00. The Morgan fingerprint density at radius 1 is 1.35 bits per heavy atom. The number of rotatable bonds is 5. The molecule has 20 heavy (non-hydrogen) atoms. The van der Waals surface area contributed by atoms with Gasteiger partial charge in [-0.2, -0.15) is 0 Å². The van der Waals surface area contributed by atoms with E-state index in [1.54, 1.807) is 6.07 Å². The van der Waals surface area contributed by atoms with Gasteiger partial charge in [-0.15, -0.1) is 0 Å². The summed E-state index contributed by atoms with van der Waals surface area (Å²) in [6.45, 7) is 5.07. The van der Waals surface area contributed by atoms with E-state index >= 15 is 0 Å². The van der Waals surface area contributed by atoms with E-state index in [2.05, 4.69) is 11.5 Å². The number of aromatic carboxylic acids is 1. The summed E-state index contributed by atoms with van der Waals surface area (Å²) in [5.74, 6) is -0.888. The quantitative estimate of drug-likeness (QED) is 0.743. The summed E-state index contributed by atoms with van der Waals surface area (Å²) in [4.78, 5) is 11.4. The topological polar surface area (TPSA) is 46.1 Å². The highest BCUT2D eigenvalue weighted by molar-refractivity contribution is 5.92. The van der Waals surface area contributed by atoms with Crippen LogP contribution in [0.5, 0.6) is 0 Å². The Balaban J connectivity index is 0.00000200. The number of carboxylic acid groups (broad SMARTS) is 1. The standard InChI is InChI=1S/C15H18N2O2.BrH/c1-3-7-16-8-9-17(11-16)14-6-5-12(4-2)10-13(14)15(18)19;/h5-6,8-11H,3-4,7H2,1-2H3;1H. The first kappa shape index (κ1) is 16.4. The lowest BCUT2D eigenvalue weighted by atomic mass is 10.1. The van der Waals surface area contributed by atoms with Gasteiger partial charge in [-0.25, -0.2) is 13.9 Å². The van der Waals surface area contributed by atoms with Crippen LogP contribution < -0.4 is 21.5 Å². The summed E-state index contributed by atoms with van der Waals surface area (Å²) in [6.07, 6.45) is 7.67. The van der Waals surface area contributed by atoms with Crippen molar-refractivity contribution in [3.8, 4) is 5.69 Å². The zero-order valence-electron chi connectivity index (χ0n) is 11.7. The molecule has 0 saturated heterocycles. The average Bonchev–Trinajstić information content (AvgIpc) is 2.87. The van der Waals surface area contributed by atoms with Crippen LogP contribution in [0.15, 0.2) is 36.9 Å². The zero-order valence-corrected chi connectivity index (χ0v) is 13.3. The predicted octanol–water partition coefficient (Wildman–Crippen LogP) is -0.561. The highest BCUT2D eigenvalue weighted by Gasteiger charge is 2.16. The first-order valence-corrected chi connectivity index (χ1v) is 6.59. The minimum absolute atomic E-state index is 0. The molecule has 1 heterocycles. The predicted molar refractivity (Wildman–Crippen MR) is 72.6 cm³/mol. The molecule has 2 rings (SSSR count). The molecule has 0 aliphatic rings. The number of carboxylic acids is 1. The fraction of sp³-hybridized carbons (Fsp3) is 0.333. The van der Waals surface area contributed by atoms with Crippen molar-refractivity contribution in [1.29, 1.82) is 0 Å². The normalized spacial score (nSPS) is 10.1. The van der Waals surface area contributed by atoms with E-state index in [0.29, 0.717) is 11.3 Å². The maximum absolute atomic E-state index is 11.4. The van der Waals surface area contributed by atoms with E-state index in [0.717, 1.165) is 24.9 Å². The first-order chi connectivity index (χ1) is 9.15. The highest BCUT2D eigenvalue weighted by Crippen LogP contribution is 2.17. The second kappa shape index (κ2) is 7.24. The fourth-order valence-corrected chi connectivity index (χ4v) is 2.13. The maximum Gasteiger partial charge on any atom is 0.340 e. The Kier molecular flexibility index (Phi) is 5.95. The summed E-state index contributed by atoms with van der Waals surface area (Å²) < 4.78 is 3.91. The molecule has 0 amide bonds. The van der Waals surface area contributed by atoms with Gasteiger partial charge in [0.15, 0.2) is 0 Å². The van der Waals surface area contributed by atoms with Crippen LogP contribution in [0.2, 0.25) is 0 Å². The molecule has 0 atom stereocenters. The number of carbonyl (C=O) groups is 1. The molecule has 0 aliphatic carbocycles. The lowest BCUT2D eigenvalue weighted by Gasteiger charge is -2.04. The summed E-state index contributed by atoms with van der Waals surface area (Å²) >= 11 is 0. The molecule has 0 unspecified atom stereocenters. The van der Waals surface area contributed by atoms with E-state index in [1.165, 1.54) is 0 Å². The monoisotopic (exact) mass is 338 g/mol. The van der Waals surface area contributed by atoms with E-state index in [4.69, 9.17) is 0 Å². The number of halogens is 1. The molecule has 0 fully saturated rings. The third-order valence-electron chi connectivity index (χ3n) is 3.15. The van der Waals surface area contributed by atoms with Gasteiger partial charge < -0.3 is 22.1 Å². The Morgan fingerprint density at radius 3 is 2.70 bits per heavy atom. The van der Waals surface area contributed by atoms with Crippen molar-refractivity contribution in [3.05, 3.63) is 48.0 Å². The van der Waals surface area contributed by atoms with Crippen molar-refractivity contribution < 1.29 is 31.4 Å². The SMILES string of the molecule is CCC[n+]1ccn(-c2ccc(CC)cc2C(=O)O)c1.[Br-]. The smallest absolute Gasteiger partial charge is 0.340 e. The molecule has 2 aromatic rings. The van der Waals surface area contributed by atoms with Crippen LogP contribution in [0.1, 0.15) is 36.2 Å². The van der Waals surface area contributed by atoms with Crippen molar-refractivity contribution in [2.24, 2.45) is 0 Å². The third kappa shape index (κ3) is 3.48. The van der Waals surface area contributed by atoms with Crippen LogP contribution >= 0.6 is 0 Å². The Hall–Kier alpha value is -1.62. The van der Waals surface area contributed by atoms with Crippen molar-refractivity contribution in [2.75, 3.05) is 0 Å². The molecule has 5 heteroatoms. The summed E-state index contributed by atoms with van der Waals surface area (Å²) in [5.41, 5.74) is 2.09. The van der Waals surface area contributed by atoms with Gasteiger partial charge in [-0.05, 0) is 30.5 Å². The Labute approximate surface area is 129 Å². The van der Waals surface area contributed by atoms with Gasteiger partial charge in [0.25, 0.3) is 0 Å². The van der Waals surface area contributed by atoms with E-state index in [-0.39, 0.29) is 17.0 Å².